The lowest BCUT2D eigenvalue weighted by Gasteiger charge is -1.90. The Hall–Kier alpha value is -2.79. The molecule has 2 N–H and O–H groups in total. The van der Waals surface area contributed by atoms with E-state index in [0.717, 1.165) is 0 Å². The first-order valence-corrected chi connectivity index (χ1v) is 3.21. The van der Waals surface area contributed by atoms with Gasteiger partial charge in [-0.1, -0.05) is 5.43 Å². The van der Waals surface area contributed by atoms with Crippen LogP contribution >= 0.6 is 0 Å². The molecule has 0 spiro atoms. The lowest BCUT2D eigenvalue weighted by molar-refractivity contribution is -0.449. The Bertz CT molecular complexity index is 436. The average Bonchev–Trinajstić information content (AvgIpc) is 2.46. The number of anilines is 1. The molecule has 15 heavy (non-hydrogen) atoms. The van der Waals surface area contributed by atoms with E-state index >= 15 is 0 Å². The monoisotopic (exact) mass is 218 g/mol. The van der Waals surface area contributed by atoms with Gasteiger partial charge in [0.15, 0.2) is 5.03 Å². The third-order valence-corrected chi connectivity index (χ3v) is 1.28. The quantitative estimate of drug-likeness (QED) is 0.517. The third-order valence-electron chi connectivity index (χ3n) is 1.28. The molecule has 0 unspecified atom stereocenters. The fourth-order valence-corrected chi connectivity index (χ4v) is 0.796. The van der Waals surface area contributed by atoms with Crippen LogP contribution in [0.4, 0.5) is 17.3 Å². The van der Waals surface area contributed by atoms with Crippen molar-refractivity contribution in [1.29, 1.82) is 0 Å². The van der Waals surface area contributed by atoms with Crippen LogP contribution in [0.3, 0.4) is 0 Å². The highest BCUT2D eigenvalue weighted by molar-refractivity contribution is 5.63. The first kappa shape index (κ1) is 10.3. The highest BCUT2D eigenvalue weighted by Gasteiger charge is 2.36. The molecule has 0 radical (unpaired) electrons. The van der Waals surface area contributed by atoms with Crippen LogP contribution in [-0.2, 0) is 0 Å². The van der Waals surface area contributed by atoms with Crippen molar-refractivity contribution >= 4 is 17.3 Å². The summed E-state index contributed by atoms with van der Waals surface area (Å²) in [6.45, 7) is 0. The molecule has 0 aliphatic carbocycles. The van der Waals surface area contributed by atoms with Crippen molar-refractivity contribution in [3.05, 3.63) is 30.3 Å². The molecule has 12 heteroatoms. The normalized spacial score (nSPS) is 9.60. The molecule has 0 aromatic carbocycles. The molecule has 1 heterocycles. The number of hydrogen-bond donors (Lipinski definition) is 2. The van der Waals surface area contributed by atoms with Crippen molar-refractivity contribution in [2.45, 2.75) is 0 Å². The van der Waals surface area contributed by atoms with E-state index in [1.807, 2.05) is 0 Å². The van der Waals surface area contributed by atoms with Crippen molar-refractivity contribution in [1.82, 2.24) is 10.2 Å². The van der Waals surface area contributed by atoms with Crippen LogP contribution in [0.1, 0.15) is 0 Å². The first-order chi connectivity index (χ1) is 6.93. The highest BCUT2D eigenvalue weighted by atomic mass is 16.7. The van der Waals surface area contributed by atoms with Gasteiger partial charge in [-0.2, -0.15) is 5.10 Å². The molecule has 0 aliphatic heterocycles. The van der Waals surface area contributed by atoms with Crippen molar-refractivity contribution < 1.29 is 14.9 Å². The predicted molar refractivity (Wildman–Crippen MR) is 42.5 cm³/mol. The van der Waals surface area contributed by atoms with Crippen LogP contribution in [0.5, 0.6) is 0 Å². The van der Waals surface area contributed by atoms with Gasteiger partial charge in [0, 0.05) is 0 Å². The van der Waals surface area contributed by atoms with E-state index in [2.05, 4.69) is 5.10 Å². The van der Waals surface area contributed by atoms with Gasteiger partial charge in [0.05, 0.1) is 10.0 Å². The van der Waals surface area contributed by atoms with Gasteiger partial charge in [-0.05, 0) is 4.92 Å². The highest BCUT2D eigenvalue weighted by Crippen LogP contribution is 2.31. The molecule has 0 bridgehead atoms. The molecule has 0 saturated heterocycles. The summed E-state index contributed by atoms with van der Waals surface area (Å²) < 4.78 is 0. The Morgan fingerprint density at radius 2 is 1.73 bits per heavy atom. The Balaban J connectivity index is 3.24. The zero-order chi connectivity index (χ0) is 11.6. The van der Waals surface area contributed by atoms with Crippen LogP contribution in [0.2, 0.25) is 0 Å². The number of H-pyrrole nitrogens is 1. The molecule has 1 aromatic heterocycles. The van der Waals surface area contributed by atoms with Crippen LogP contribution in [0, 0.1) is 30.3 Å². The molecule has 80 valence electrons. The summed E-state index contributed by atoms with van der Waals surface area (Å²) in [5.74, 6) is -1.85. The summed E-state index contributed by atoms with van der Waals surface area (Å²) in [7, 11) is 0. The van der Waals surface area contributed by atoms with Gasteiger partial charge in [0.25, 0.3) is 5.82 Å². The SMILES string of the molecule is O=[N+]([O-])Nc1[nH]nc([N+](=O)[O-])c1[N+](=O)[O-]. The summed E-state index contributed by atoms with van der Waals surface area (Å²) in [5.41, 5.74) is 0.302. The fourth-order valence-electron chi connectivity index (χ4n) is 0.796. The molecule has 0 fully saturated rings. The van der Waals surface area contributed by atoms with Crippen molar-refractivity contribution in [2.24, 2.45) is 0 Å². The van der Waals surface area contributed by atoms with E-state index in [1.54, 1.807) is 5.10 Å². The number of aromatic amines is 1. The maximum atomic E-state index is 10.4. The van der Waals surface area contributed by atoms with Gasteiger partial charge in [-0.3, -0.25) is 10.1 Å². The second kappa shape index (κ2) is 3.52. The van der Waals surface area contributed by atoms with Crippen molar-refractivity contribution in [3.8, 4) is 0 Å². The van der Waals surface area contributed by atoms with E-state index in [4.69, 9.17) is 0 Å². The lowest BCUT2D eigenvalue weighted by Crippen LogP contribution is -2.09. The molecular formula is C3H2N6O6. The second-order valence-electron chi connectivity index (χ2n) is 2.15. The molecule has 0 saturated carbocycles. The predicted octanol–water partition coefficient (Wildman–Crippen LogP) is -0.170. The smallest absolute Gasteiger partial charge is 0.358 e. The van der Waals surface area contributed by atoms with Crippen LogP contribution in [0.15, 0.2) is 0 Å². The van der Waals surface area contributed by atoms with Crippen LogP contribution < -0.4 is 5.43 Å². The zero-order valence-electron chi connectivity index (χ0n) is 6.74. The molecule has 1 rings (SSSR count). The average molecular weight is 218 g/mol. The van der Waals surface area contributed by atoms with E-state index in [-0.39, 0.29) is 0 Å². The van der Waals surface area contributed by atoms with E-state index in [0.29, 0.717) is 0 Å². The molecule has 12 nitrogen and oxygen atoms in total. The summed E-state index contributed by atoms with van der Waals surface area (Å²) >= 11 is 0. The Kier molecular flexibility index (Phi) is 2.42. The first-order valence-electron chi connectivity index (χ1n) is 3.21. The van der Waals surface area contributed by atoms with Gasteiger partial charge < -0.3 is 10.1 Å². The standard InChI is InChI=1S/C3H2N6O6/c10-7(11)1-2(6-9(14)15)4-5-3(1)8(12)13/h(H2,4,5,6). The topological polar surface area (TPSA) is 170 Å². The lowest BCUT2D eigenvalue weighted by atomic mass is 10.5. The maximum Gasteiger partial charge on any atom is 0.470 e. The zero-order valence-corrected chi connectivity index (χ0v) is 6.74. The summed E-state index contributed by atoms with van der Waals surface area (Å²) in [5, 5.41) is 34.2. The Morgan fingerprint density at radius 3 is 2.13 bits per heavy atom. The maximum absolute atomic E-state index is 10.4. The number of nitrogens with one attached hydrogen (secondary N) is 2. The Labute approximate surface area is 79.3 Å². The third kappa shape index (κ3) is 1.93. The van der Waals surface area contributed by atoms with Gasteiger partial charge >= 0.3 is 11.5 Å². The van der Waals surface area contributed by atoms with E-state index in [9.17, 15) is 30.3 Å². The van der Waals surface area contributed by atoms with Crippen molar-refractivity contribution in [2.75, 3.05) is 5.43 Å². The molecule has 0 atom stereocenters. The number of rotatable bonds is 4. The number of nitro groups is 3. The molecular weight excluding hydrogens is 216 g/mol. The number of hydrogen-bond acceptors (Lipinski definition) is 7. The minimum atomic E-state index is -1.15. The van der Waals surface area contributed by atoms with E-state index in [1.165, 1.54) is 5.43 Å². The van der Waals surface area contributed by atoms with Gasteiger partial charge in [0.2, 0.25) is 0 Å². The van der Waals surface area contributed by atoms with Crippen molar-refractivity contribution in [3.63, 3.8) is 0 Å². The van der Waals surface area contributed by atoms with Gasteiger partial charge in [-0.25, -0.2) is 10.1 Å². The fraction of sp³-hybridized carbons (Fsp3) is 0. The second-order valence-corrected chi connectivity index (χ2v) is 2.15. The Morgan fingerprint density at radius 1 is 1.13 bits per heavy atom. The molecule has 0 amide bonds. The van der Waals surface area contributed by atoms with Crippen LogP contribution in [-0.4, -0.2) is 25.1 Å². The van der Waals surface area contributed by atoms with Gasteiger partial charge in [-0.15, -0.1) is 0 Å². The largest absolute Gasteiger partial charge is 0.470 e. The molecule has 0 aliphatic rings. The number of aromatic nitrogens is 2. The minimum absolute atomic E-state index is 0.753. The summed E-state index contributed by atoms with van der Waals surface area (Å²) in [6, 6.07) is 0. The van der Waals surface area contributed by atoms with Crippen LogP contribution in [0.25, 0.3) is 0 Å². The number of hydrazine groups is 1. The van der Waals surface area contributed by atoms with Gasteiger partial charge in [0.1, 0.15) is 0 Å². The summed E-state index contributed by atoms with van der Waals surface area (Å²) in [4.78, 5) is 28.3. The molecule has 1 aromatic rings. The minimum Gasteiger partial charge on any atom is -0.358 e. The van der Waals surface area contributed by atoms with E-state index < -0.39 is 32.2 Å². The summed E-state index contributed by atoms with van der Waals surface area (Å²) in [6.07, 6.45) is 0. The number of nitrogens with zero attached hydrogens (tertiary/aromatic N) is 4.